The molecule has 2 aromatic carbocycles. The van der Waals surface area contributed by atoms with E-state index in [4.69, 9.17) is 19.2 Å². The van der Waals surface area contributed by atoms with Crippen molar-refractivity contribution in [2.45, 2.75) is 64.5 Å². The number of aryl methyl sites for hydroxylation is 1. The van der Waals surface area contributed by atoms with Crippen molar-refractivity contribution in [3.8, 4) is 22.9 Å². The number of hydrogen-bond acceptors (Lipinski definition) is 6. The third-order valence-electron chi connectivity index (χ3n) is 6.25. The van der Waals surface area contributed by atoms with Gasteiger partial charge < -0.3 is 19.3 Å². The molecular formula is C28H29F3N2O5. The maximum Gasteiger partial charge on any atom is 0.416 e. The van der Waals surface area contributed by atoms with E-state index in [2.05, 4.69) is 4.98 Å². The number of carboxylic acid groups (broad SMARTS) is 1. The van der Waals surface area contributed by atoms with Crippen LogP contribution in [-0.4, -0.2) is 33.8 Å². The van der Waals surface area contributed by atoms with Crippen molar-refractivity contribution in [3.63, 3.8) is 0 Å². The van der Waals surface area contributed by atoms with E-state index in [0.29, 0.717) is 34.1 Å². The summed E-state index contributed by atoms with van der Waals surface area (Å²) in [7, 11) is 1.54. The van der Waals surface area contributed by atoms with E-state index in [1.165, 1.54) is 26.0 Å². The van der Waals surface area contributed by atoms with Gasteiger partial charge in [0.2, 0.25) is 0 Å². The molecule has 1 saturated carbocycles. The minimum atomic E-state index is -4.42. The largest absolute Gasteiger partial charge is 0.489 e. The van der Waals surface area contributed by atoms with Crippen LogP contribution in [0.15, 0.2) is 42.5 Å². The molecule has 3 aromatic rings. The van der Waals surface area contributed by atoms with Gasteiger partial charge in [0, 0.05) is 24.2 Å². The molecule has 1 heterocycles. The summed E-state index contributed by atoms with van der Waals surface area (Å²) in [4.78, 5) is 20.8. The summed E-state index contributed by atoms with van der Waals surface area (Å²) in [5.41, 5.74) is 1.29. The third kappa shape index (κ3) is 6.24. The SMILES string of the molecule is COCc1nc(-c2ccc(C(F)(F)F)cc2)nc(C2CC2)c1COc1ccc(OC(C)(C)C(=O)O)c(C)c1. The number of nitrogens with zero attached hydrogens (tertiary/aromatic N) is 2. The molecule has 10 heteroatoms. The number of ether oxygens (including phenoxy) is 3. The minimum Gasteiger partial charge on any atom is -0.489 e. The molecule has 0 atom stereocenters. The molecule has 1 N–H and O–H groups in total. The Hall–Kier alpha value is -3.66. The van der Waals surface area contributed by atoms with Gasteiger partial charge in [-0.3, -0.25) is 0 Å². The first-order valence-electron chi connectivity index (χ1n) is 12.1. The van der Waals surface area contributed by atoms with E-state index in [0.717, 1.165) is 36.2 Å². The lowest BCUT2D eigenvalue weighted by atomic mass is 10.1. The highest BCUT2D eigenvalue weighted by atomic mass is 19.4. The summed E-state index contributed by atoms with van der Waals surface area (Å²) in [6.07, 6.45) is -2.52. The van der Waals surface area contributed by atoms with Crippen LogP contribution in [0.2, 0.25) is 0 Å². The zero-order chi connectivity index (χ0) is 27.7. The standard InChI is InChI=1S/C28H29F3N2O5/c1-16-13-20(11-12-23(16)38-27(2,3)26(34)35)37-14-21-22(15-36-4)32-25(33-24(21)17-5-6-17)18-7-9-19(10-8-18)28(29,30)31/h7-13,17H,5-6,14-15H2,1-4H3,(H,34,35). The Balaban J connectivity index is 1.60. The molecule has 0 aliphatic heterocycles. The van der Waals surface area contributed by atoms with Crippen molar-refractivity contribution in [2.75, 3.05) is 7.11 Å². The van der Waals surface area contributed by atoms with Gasteiger partial charge in [-0.15, -0.1) is 0 Å². The number of carboxylic acids is 1. The summed E-state index contributed by atoms with van der Waals surface area (Å²) in [6, 6.07) is 9.92. The Morgan fingerprint density at radius 3 is 2.29 bits per heavy atom. The van der Waals surface area contributed by atoms with Crippen molar-refractivity contribution in [2.24, 2.45) is 0 Å². The molecule has 4 rings (SSSR count). The third-order valence-corrected chi connectivity index (χ3v) is 6.25. The van der Waals surface area contributed by atoms with Gasteiger partial charge in [-0.25, -0.2) is 14.8 Å². The van der Waals surface area contributed by atoms with Crippen molar-refractivity contribution in [1.82, 2.24) is 9.97 Å². The Kier molecular flexibility index (Phi) is 7.64. The molecule has 0 saturated heterocycles. The number of aliphatic carboxylic acids is 1. The van der Waals surface area contributed by atoms with E-state index in [-0.39, 0.29) is 19.1 Å². The van der Waals surface area contributed by atoms with Crippen molar-refractivity contribution in [3.05, 3.63) is 70.5 Å². The Morgan fingerprint density at radius 2 is 1.74 bits per heavy atom. The van der Waals surface area contributed by atoms with Crippen molar-refractivity contribution < 1.29 is 37.3 Å². The van der Waals surface area contributed by atoms with Crippen LogP contribution >= 0.6 is 0 Å². The number of carbonyl (C=O) groups is 1. The van der Waals surface area contributed by atoms with Crippen molar-refractivity contribution in [1.29, 1.82) is 0 Å². The van der Waals surface area contributed by atoms with E-state index in [1.54, 1.807) is 32.2 Å². The second-order valence-corrected chi connectivity index (χ2v) is 9.77. The van der Waals surface area contributed by atoms with Gasteiger partial charge in [-0.05, 0) is 69.5 Å². The van der Waals surface area contributed by atoms with Gasteiger partial charge in [0.1, 0.15) is 18.1 Å². The number of alkyl halides is 3. The van der Waals surface area contributed by atoms with Crippen LogP contribution in [-0.2, 0) is 28.9 Å². The molecule has 38 heavy (non-hydrogen) atoms. The number of halogens is 3. The molecule has 1 fully saturated rings. The summed E-state index contributed by atoms with van der Waals surface area (Å²) < 4.78 is 56.1. The van der Waals surface area contributed by atoms with Crippen LogP contribution in [0.4, 0.5) is 13.2 Å². The fraction of sp³-hybridized carbons (Fsp3) is 0.393. The van der Waals surface area contributed by atoms with Crippen molar-refractivity contribution >= 4 is 5.97 Å². The zero-order valence-electron chi connectivity index (χ0n) is 21.6. The van der Waals surface area contributed by atoms with Crippen LogP contribution in [0, 0.1) is 6.92 Å². The van der Waals surface area contributed by atoms with Crippen LogP contribution in [0.3, 0.4) is 0 Å². The van der Waals surface area contributed by atoms with Gasteiger partial charge in [0.25, 0.3) is 0 Å². The first-order valence-corrected chi connectivity index (χ1v) is 12.1. The smallest absolute Gasteiger partial charge is 0.416 e. The molecule has 0 unspecified atom stereocenters. The van der Waals surface area contributed by atoms with Gasteiger partial charge in [-0.1, -0.05) is 12.1 Å². The molecule has 7 nitrogen and oxygen atoms in total. The highest BCUT2D eigenvalue weighted by molar-refractivity contribution is 5.76. The normalized spacial score (nSPS) is 13.9. The molecule has 202 valence electrons. The fourth-order valence-corrected chi connectivity index (χ4v) is 3.90. The molecule has 0 spiro atoms. The molecule has 1 aliphatic carbocycles. The lowest BCUT2D eigenvalue weighted by Gasteiger charge is -2.23. The average Bonchev–Trinajstić information content (AvgIpc) is 3.69. The molecule has 1 aliphatic rings. The average molecular weight is 531 g/mol. The molecule has 0 amide bonds. The quantitative estimate of drug-likeness (QED) is 0.328. The summed E-state index contributed by atoms with van der Waals surface area (Å²) in [5, 5.41) is 9.32. The molecule has 0 radical (unpaired) electrons. The predicted octanol–water partition coefficient (Wildman–Crippen LogP) is 6.32. The Bertz CT molecular complexity index is 1320. The number of aromatic nitrogens is 2. The summed E-state index contributed by atoms with van der Waals surface area (Å²) in [6.45, 7) is 5.10. The van der Waals surface area contributed by atoms with E-state index >= 15 is 0 Å². The predicted molar refractivity (Wildman–Crippen MR) is 133 cm³/mol. The van der Waals surface area contributed by atoms with Crippen LogP contribution in [0.1, 0.15) is 60.7 Å². The van der Waals surface area contributed by atoms with E-state index in [1.807, 2.05) is 0 Å². The highest BCUT2D eigenvalue weighted by Crippen LogP contribution is 2.42. The summed E-state index contributed by atoms with van der Waals surface area (Å²) >= 11 is 0. The second kappa shape index (κ2) is 10.6. The van der Waals surface area contributed by atoms with Gasteiger partial charge >= 0.3 is 12.1 Å². The monoisotopic (exact) mass is 530 g/mol. The number of methoxy groups -OCH3 is 1. The number of rotatable bonds is 10. The van der Waals surface area contributed by atoms with Crippen LogP contribution in [0.5, 0.6) is 11.5 Å². The topological polar surface area (TPSA) is 90.8 Å². The second-order valence-electron chi connectivity index (χ2n) is 9.77. The van der Waals surface area contributed by atoms with E-state index in [9.17, 15) is 23.1 Å². The number of benzene rings is 2. The number of hydrogen-bond donors (Lipinski definition) is 1. The maximum absolute atomic E-state index is 13.0. The molecule has 1 aromatic heterocycles. The Morgan fingerprint density at radius 1 is 1.05 bits per heavy atom. The first kappa shape index (κ1) is 27.4. The lowest BCUT2D eigenvalue weighted by Crippen LogP contribution is -2.38. The van der Waals surface area contributed by atoms with E-state index < -0.39 is 23.3 Å². The zero-order valence-corrected chi connectivity index (χ0v) is 21.6. The van der Waals surface area contributed by atoms with Crippen LogP contribution in [0.25, 0.3) is 11.4 Å². The highest BCUT2D eigenvalue weighted by Gasteiger charge is 2.32. The minimum absolute atomic E-state index is 0.165. The Labute approximate surface area is 218 Å². The fourth-order valence-electron chi connectivity index (χ4n) is 3.90. The maximum atomic E-state index is 13.0. The van der Waals surface area contributed by atoms with Gasteiger partial charge in [0.05, 0.1) is 23.6 Å². The molecule has 0 bridgehead atoms. The van der Waals surface area contributed by atoms with Gasteiger partial charge in [-0.2, -0.15) is 13.2 Å². The van der Waals surface area contributed by atoms with Crippen LogP contribution < -0.4 is 9.47 Å². The molecular weight excluding hydrogens is 501 g/mol. The summed E-state index contributed by atoms with van der Waals surface area (Å²) in [5.74, 6) is 0.480. The first-order chi connectivity index (χ1) is 17.9. The lowest BCUT2D eigenvalue weighted by molar-refractivity contribution is -0.152. The van der Waals surface area contributed by atoms with Gasteiger partial charge in [0.15, 0.2) is 11.4 Å².